The maximum absolute atomic E-state index is 13.6. The van der Waals surface area contributed by atoms with Gasteiger partial charge in [-0.3, -0.25) is 0 Å². The zero-order valence-corrected chi connectivity index (χ0v) is 17.3. The van der Waals surface area contributed by atoms with Crippen LogP contribution in [0.3, 0.4) is 0 Å². The zero-order valence-electron chi connectivity index (χ0n) is 16.3. The predicted octanol–water partition coefficient (Wildman–Crippen LogP) is 5.10. The highest BCUT2D eigenvalue weighted by molar-refractivity contribution is 6.71. The average Bonchev–Trinajstić information content (AvgIpc) is 2.64. The minimum absolute atomic E-state index is 0.810. The van der Waals surface area contributed by atoms with Crippen molar-refractivity contribution in [2.45, 2.75) is 66.0 Å². The molecular formula is C12H12F19N3Si. The fourth-order valence-electron chi connectivity index (χ4n) is 2.04. The lowest BCUT2D eigenvalue weighted by Crippen LogP contribution is -2.76. The van der Waals surface area contributed by atoms with Crippen LogP contribution in [0, 0.1) is 0 Å². The van der Waals surface area contributed by atoms with E-state index in [1.54, 1.807) is 0 Å². The van der Waals surface area contributed by atoms with Gasteiger partial charge in [-0.2, -0.15) is 83.4 Å². The molecule has 0 aromatic heterocycles. The largest absolute Gasteiger partial charge is 0.460 e. The third-order valence-corrected chi connectivity index (χ3v) is 6.51. The summed E-state index contributed by atoms with van der Waals surface area (Å²) in [6.07, 6.45) is -10.6. The number of nitrogens with two attached hydrogens (primary N) is 2. The number of nitrogens with one attached hydrogen (secondary N) is 1. The molecule has 0 saturated heterocycles. The molecule has 0 radical (unpaired) electrons. The van der Waals surface area contributed by atoms with Gasteiger partial charge in [0, 0.05) is 6.42 Å². The molecule has 0 aromatic rings. The summed E-state index contributed by atoms with van der Waals surface area (Å²) in [7, 11) is -3.34. The number of hydrogen-bond donors (Lipinski definition) is 3. The van der Waals surface area contributed by atoms with Gasteiger partial charge in [-0.05, 0) is 13.1 Å². The quantitative estimate of drug-likeness (QED) is 0.233. The first kappa shape index (κ1) is 33.8. The molecule has 0 rings (SSSR count). The lowest BCUT2D eigenvalue weighted by molar-refractivity contribution is -0.468. The first-order valence-corrected chi connectivity index (χ1v) is 10.5. The normalized spacial score (nSPS) is 16.6. The maximum Gasteiger partial charge on any atom is 0.460 e. The van der Waals surface area contributed by atoms with E-state index >= 15 is 0 Å². The van der Waals surface area contributed by atoms with Gasteiger partial charge >= 0.3 is 53.6 Å². The lowest BCUT2D eigenvalue weighted by Gasteiger charge is -2.44. The van der Waals surface area contributed by atoms with E-state index in [0.717, 1.165) is 7.05 Å². The number of alkyl halides is 19. The first-order valence-electron chi connectivity index (χ1n) is 8.13. The molecule has 5 N–H and O–H groups in total. The van der Waals surface area contributed by atoms with Crippen LogP contribution in [0.5, 0.6) is 0 Å². The van der Waals surface area contributed by atoms with Gasteiger partial charge in [-0.1, -0.05) is 0 Å². The Morgan fingerprint density at radius 3 is 1.00 bits per heavy atom. The molecule has 0 aliphatic rings. The van der Waals surface area contributed by atoms with Crippen molar-refractivity contribution in [2.75, 3.05) is 7.05 Å². The molecule has 0 spiro atoms. The summed E-state index contributed by atoms with van der Waals surface area (Å²) in [5.74, 6) is -66.6. The van der Waals surface area contributed by atoms with E-state index in [2.05, 4.69) is 0 Å². The Morgan fingerprint density at radius 2 is 0.743 bits per heavy atom. The fourth-order valence-corrected chi connectivity index (χ4v) is 3.02. The highest BCUT2D eigenvalue weighted by atomic mass is 28.4. The molecule has 0 fully saturated rings. The lowest BCUT2D eigenvalue weighted by atomic mass is 9.87. The molecule has 3 nitrogen and oxygen atoms in total. The van der Waals surface area contributed by atoms with E-state index in [1.807, 2.05) is 4.98 Å². The van der Waals surface area contributed by atoms with Gasteiger partial charge in [0.2, 0.25) is 0 Å². The van der Waals surface area contributed by atoms with Crippen molar-refractivity contribution in [1.82, 2.24) is 4.98 Å². The Balaban J connectivity index is 6.74. The molecule has 0 atom stereocenters. The van der Waals surface area contributed by atoms with Crippen LogP contribution in [0.2, 0.25) is 6.04 Å². The van der Waals surface area contributed by atoms with Crippen molar-refractivity contribution >= 4 is 8.56 Å². The molecule has 0 bridgehead atoms. The molecule has 212 valence electrons. The Kier molecular flexibility index (Phi) is 8.36. The van der Waals surface area contributed by atoms with Gasteiger partial charge in [0.05, 0.1) is 0 Å². The molecule has 23 heteroatoms. The number of halogens is 19. The molecule has 0 aromatic carbocycles. The van der Waals surface area contributed by atoms with Crippen molar-refractivity contribution in [2.24, 2.45) is 10.8 Å². The Morgan fingerprint density at radius 1 is 0.486 bits per heavy atom. The summed E-state index contributed by atoms with van der Waals surface area (Å²) in [5.41, 5.74) is 0. The third kappa shape index (κ3) is 4.75. The zero-order chi connectivity index (χ0) is 29.1. The van der Waals surface area contributed by atoms with Crippen LogP contribution in [0.1, 0.15) is 6.42 Å². The molecule has 0 aliphatic carbocycles. The standard InChI is InChI=1S/C12H12F19N3Si/c1-34-35(32,33)3-2-4(13,14)5(15,16)6(17,18)7(19,20)8(21,22)9(23,24)10(25,26)11(27,28)12(29,30)31/h34H,2-3,32-33H2,1H3. The summed E-state index contributed by atoms with van der Waals surface area (Å²) in [6, 6.07) is -1.61. The van der Waals surface area contributed by atoms with Crippen LogP contribution >= 0.6 is 0 Å². The first-order chi connectivity index (χ1) is 14.8. The molecule has 0 heterocycles. The minimum Gasteiger partial charge on any atom is -0.327 e. The van der Waals surface area contributed by atoms with Crippen LogP contribution in [0.15, 0.2) is 0 Å². The summed E-state index contributed by atoms with van der Waals surface area (Å²) < 4.78 is 250. The summed E-state index contributed by atoms with van der Waals surface area (Å²) in [5, 5.41) is 10.1. The van der Waals surface area contributed by atoms with E-state index in [9.17, 15) is 83.4 Å². The highest BCUT2D eigenvalue weighted by Gasteiger charge is 2.96. The van der Waals surface area contributed by atoms with Gasteiger partial charge in [0.1, 0.15) is 0 Å². The minimum atomic E-state index is -8.92. The Bertz CT molecular complexity index is 759. The Labute approximate surface area is 182 Å². The molecule has 0 unspecified atom stereocenters. The van der Waals surface area contributed by atoms with Crippen molar-refractivity contribution in [3.8, 4) is 0 Å². The second-order valence-corrected chi connectivity index (χ2v) is 10.1. The topological polar surface area (TPSA) is 64.1 Å². The maximum atomic E-state index is 13.6. The third-order valence-electron chi connectivity index (χ3n) is 4.50. The van der Waals surface area contributed by atoms with Crippen LogP contribution in [0.25, 0.3) is 0 Å². The van der Waals surface area contributed by atoms with E-state index in [-0.39, 0.29) is 0 Å². The van der Waals surface area contributed by atoms with Gasteiger partial charge in [0.15, 0.2) is 0 Å². The van der Waals surface area contributed by atoms with E-state index in [0.29, 0.717) is 0 Å². The van der Waals surface area contributed by atoms with Crippen LogP contribution in [0.4, 0.5) is 83.4 Å². The van der Waals surface area contributed by atoms with Crippen molar-refractivity contribution in [1.29, 1.82) is 0 Å². The number of rotatable bonds is 11. The smallest absolute Gasteiger partial charge is 0.327 e. The van der Waals surface area contributed by atoms with Crippen molar-refractivity contribution in [3.63, 3.8) is 0 Å². The van der Waals surface area contributed by atoms with Gasteiger partial charge < -0.3 is 15.8 Å². The molecule has 35 heavy (non-hydrogen) atoms. The average molecular weight is 587 g/mol. The van der Waals surface area contributed by atoms with Gasteiger partial charge in [-0.25, -0.2) is 0 Å². The van der Waals surface area contributed by atoms with E-state index < -0.39 is 74.6 Å². The second kappa shape index (κ2) is 8.67. The summed E-state index contributed by atoms with van der Waals surface area (Å²) in [6.45, 7) is 0. The van der Waals surface area contributed by atoms with E-state index in [1.165, 1.54) is 0 Å². The Hall–Kier alpha value is -1.23. The molecular weight excluding hydrogens is 575 g/mol. The van der Waals surface area contributed by atoms with Gasteiger partial charge in [-0.15, -0.1) is 0 Å². The second-order valence-electron chi connectivity index (χ2n) is 7.01. The summed E-state index contributed by atoms with van der Waals surface area (Å²) >= 11 is 0. The van der Waals surface area contributed by atoms with Crippen molar-refractivity contribution < 1.29 is 83.4 Å². The number of hydrogen-bond acceptors (Lipinski definition) is 3. The fraction of sp³-hybridized carbons (Fsp3) is 1.00. The molecule has 0 saturated carbocycles. The SMILES string of the molecule is CN[Si](N)(N)CCC(F)(F)C(F)(F)C(F)(F)C(F)(F)C(F)(F)C(F)(F)C(F)(F)C(F)(F)C(F)(F)F. The van der Waals surface area contributed by atoms with Crippen LogP contribution in [-0.2, 0) is 0 Å². The van der Waals surface area contributed by atoms with Crippen molar-refractivity contribution in [3.05, 3.63) is 0 Å². The van der Waals surface area contributed by atoms with E-state index in [4.69, 9.17) is 10.8 Å². The monoisotopic (exact) mass is 587 g/mol. The highest BCUT2D eigenvalue weighted by Crippen LogP contribution is 2.65. The molecule has 0 aliphatic heterocycles. The van der Waals surface area contributed by atoms with Gasteiger partial charge in [0.25, 0.3) is 8.56 Å². The van der Waals surface area contributed by atoms with Crippen LogP contribution < -0.4 is 15.8 Å². The molecule has 0 amide bonds. The summed E-state index contributed by atoms with van der Waals surface area (Å²) in [4.78, 5) is 1.84. The van der Waals surface area contributed by atoms with Crippen LogP contribution in [-0.4, -0.2) is 69.2 Å². The predicted molar refractivity (Wildman–Crippen MR) is 78.2 cm³/mol.